The average molecular weight is 247 g/mol. The molecule has 0 fully saturated rings. The molecule has 18 heavy (non-hydrogen) atoms. The van der Waals surface area contributed by atoms with Gasteiger partial charge in [-0.2, -0.15) is 0 Å². The maximum Gasteiger partial charge on any atom is 0.145 e. The van der Waals surface area contributed by atoms with Gasteiger partial charge < -0.3 is 14.6 Å². The molecule has 0 spiro atoms. The molecule has 0 unspecified atom stereocenters. The van der Waals surface area contributed by atoms with E-state index in [4.69, 9.17) is 9.47 Å². The highest BCUT2D eigenvalue weighted by Crippen LogP contribution is 2.22. The zero-order valence-corrected chi connectivity index (χ0v) is 10.4. The van der Waals surface area contributed by atoms with Crippen molar-refractivity contribution in [1.29, 1.82) is 0 Å². The molecule has 1 aromatic carbocycles. The van der Waals surface area contributed by atoms with E-state index in [0.29, 0.717) is 12.4 Å². The Labute approximate surface area is 106 Å². The number of para-hydroxylation sites is 1. The summed E-state index contributed by atoms with van der Waals surface area (Å²) in [5, 5.41) is 10.7. The summed E-state index contributed by atoms with van der Waals surface area (Å²) in [5.74, 6) is 0.684. The number of hydrogen-bond acceptors (Lipinski definition) is 4. The van der Waals surface area contributed by atoms with E-state index in [2.05, 4.69) is 4.98 Å². The highest BCUT2D eigenvalue weighted by atomic mass is 16.5. The first-order chi connectivity index (χ1) is 8.81. The third-order valence-electron chi connectivity index (χ3n) is 2.54. The average Bonchev–Trinajstić information content (AvgIpc) is 2.42. The smallest absolute Gasteiger partial charge is 0.145 e. The predicted octanol–water partition coefficient (Wildman–Crippen LogP) is 2.01. The van der Waals surface area contributed by atoms with E-state index >= 15 is 0 Å². The van der Waals surface area contributed by atoms with E-state index in [-0.39, 0.29) is 13.2 Å². The molecule has 0 aliphatic heterocycles. The minimum absolute atomic E-state index is 0.204. The third kappa shape index (κ3) is 3.18. The second-order valence-corrected chi connectivity index (χ2v) is 3.96. The number of aliphatic hydroxyl groups is 1. The van der Waals surface area contributed by atoms with E-state index < -0.39 is 6.10 Å². The fourth-order valence-corrected chi connectivity index (χ4v) is 1.68. The number of benzene rings is 1. The van der Waals surface area contributed by atoms with E-state index in [1.54, 1.807) is 6.20 Å². The molecular formula is C14H17NO3. The molecule has 0 bridgehead atoms. The molecule has 1 heterocycles. The van der Waals surface area contributed by atoms with Crippen LogP contribution in [0.4, 0.5) is 0 Å². The van der Waals surface area contributed by atoms with Gasteiger partial charge in [0, 0.05) is 18.2 Å². The maximum absolute atomic E-state index is 9.64. The minimum atomic E-state index is -0.621. The highest BCUT2D eigenvalue weighted by Gasteiger charge is 2.07. The van der Waals surface area contributed by atoms with Crippen molar-refractivity contribution in [3.8, 4) is 5.75 Å². The molecule has 0 saturated heterocycles. The number of hydrogen-bond donors (Lipinski definition) is 1. The Kier molecular flexibility index (Phi) is 4.50. The first-order valence-electron chi connectivity index (χ1n) is 6.03. The van der Waals surface area contributed by atoms with Gasteiger partial charge in [-0.25, -0.2) is 0 Å². The van der Waals surface area contributed by atoms with Crippen LogP contribution in [0.1, 0.15) is 6.92 Å². The second kappa shape index (κ2) is 6.33. The molecule has 96 valence electrons. The summed E-state index contributed by atoms with van der Waals surface area (Å²) in [7, 11) is 0. The summed E-state index contributed by atoms with van der Waals surface area (Å²) in [6, 6.07) is 9.60. The molecule has 1 atom stereocenters. The van der Waals surface area contributed by atoms with E-state index in [1.807, 2.05) is 37.3 Å². The molecule has 0 aliphatic carbocycles. The summed E-state index contributed by atoms with van der Waals surface area (Å²) in [6.45, 7) is 2.97. The molecule has 4 heteroatoms. The summed E-state index contributed by atoms with van der Waals surface area (Å²) in [4.78, 5) is 4.28. The first-order valence-corrected chi connectivity index (χ1v) is 6.03. The molecule has 2 rings (SSSR count). The second-order valence-electron chi connectivity index (χ2n) is 3.96. The fourth-order valence-electron chi connectivity index (χ4n) is 1.68. The monoisotopic (exact) mass is 247 g/mol. The van der Waals surface area contributed by atoms with Crippen molar-refractivity contribution in [2.75, 3.05) is 19.8 Å². The van der Waals surface area contributed by atoms with Gasteiger partial charge in [0.05, 0.1) is 6.61 Å². The lowest BCUT2D eigenvalue weighted by Crippen LogP contribution is -2.23. The molecule has 0 saturated carbocycles. The molecule has 1 N–H and O–H groups in total. The zero-order chi connectivity index (χ0) is 12.8. The standard InChI is InChI=1S/C14H17NO3/c1-2-17-9-12(16)10-18-13-7-3-5-11-6-4-8-15-14(11)13/h3-8,12,16H,2,9-10H2,1H3/t12-/m0/s1. The number of nitrogens with zero attached hydrogens (tertiary/aromatic N) is 1. The largest absolute Gasteiger partial charge is 0.489 e. The molecule has 0 radical (unpaired) electrons. The van der Waals surface area contributed by atoms with Gasteiger partial charge in [-0.1, -0.05) is 18.2 Å². The normalized spacial score (nSPS) is 12.6. The lowest BCUT2D eigenvalue weighted by atomic mass is 10.2. The van der Waals surface area contributed by atoms with Crippen molar-refractivity contribution >= 4 is 10.9 Å². The van der Waals surface area contributed by atoms with Crippen molar-refractivity contribution < 1.29 is 14.6 Å². The molecule has 0 amide bonds. The first kappa shape index (κ1) is 12.8. The van der Waals surface area contributed by atoms with Gasteiger partial charge in [-0.15, -0.1) is 0 Å². The van der Waals surface area contributed by atoms with Crippen molar-refractivity contribution in [1.82, 2.24) is 4.98 Å². The Balaban J connectivity index is 2.03. The quantitative estimate of drug-likeness (QED) is 0.848. The van der Waals surface area contributed by atoms with Crippen molar-refractivity contribution in [2.24, 2.45) is 0 Å². The van der Waals surface area contributed by atoms with Gasteiger partial charge in [0.25, 0.3) is 0 Å². The Hall–Kier alpha value is -1.65. The molecule has 4 nitrogen and oxygen atoms in total. The van der Waals surface area contributed by atoms with Gasteiger partial charge in [0.15, 0.2) is 0 Å². The van der Waals surface area contributed by atoms with Crippen molar-refractivity contribution in [3.05, 3.63) is 36.5 Å². The lowest BCUT2D eigenvalue weighted by Gasteiger charge is -2.13. The van der Waals surface area contributed by atoms with Crippen molar-refractivity contribution in [2.45, 2.75) is 13.0 Å². The summed E-state index contributed by atoms with van der Waals surface area (Å²) < 4.78 is 10.7. The number of pyridine rings is 1. The van der Waals surface area contributed by atoms with E-state index in [0.717, 1.165) is 10.9 Å². The molecule has 2 aromatic rings. The fraction of sp³-hybridized carbons (Fsp3) is 0.357. The summed E-state index contributed by atoms with van der Waals surface area (Å²) >= 11 is 0. The van der Waals surface area contributed by atoms with Crippen LogP contribution < -0.4 is 4.74 Å². The summed E-state index contributed by atoms with van der Waals surface area (Å²) in [6.07, 6.45) is 1.11. The van der Waals surface area contributed by atoms with Crippen LogP contribution >= 0.6 is 0 Å². The van der Waals surface area contributed by atoms with Crippen LogP contribution in [0.15, 0.2) is 36.5 Å². The van der Waals surface area contributed by atoms with Crippen molar-refractivity contribution in [3.63, 3.8) is 0 Å². The van der Waals surface area contributed by atoms with Crippen LogP contribution in [0.3, 0.4) is 0 Å². The van der Waals surface area contributed by atoms with Crippen LogP contribution in [0, 0.1) is 0 Å². The lowest BCUT2D eigenvalue weighted by molar-refractivity contribution is 0.0167. The Morgan fingerprint density at radius 2 is 2.06 bits per heavy atom. The van der Waals surface area contributed by atoms with Crippen LogP contribution in [-0.2, 0) is 4.74 Å². The van der Waals surface area contributed by atoms with E-state index in [1.165, 1.54) is 0 Å². The van der Waals surface area contributed by atoms with Crippen LogP contribution in [0.2, 0.25) is 0 Å². The van der Waals surface area contributed by atoms with Gasteiger partial charge >= 0.3 is 0 Å². The summed E-state index contributed by atoms with van der Waals surface area (Å²) in [5.41, 5.74) is 0.809. The number of fused-ring (bicyclic) bond motifs is 1. The Morgan fingerprint density at radius 1 is 1.22 bits per heavy atom. The number of aliphatic hydroxyl groups excluding tert-OH is 1. The molecule has 0 aliphatic rings. The van der Waals surface area contributed by atoms with Gasteiger partial charge in [0.2, 0.25) is 0 Å². The minimum Gasteiger partial charge on any atom is -0.489 e. The number of ether oxygens (including phenoxy) is 2. The SMILES string of the molecule is CCOC[C@H](O)COc1cccc2cccnc12. The number of aromatic nitrogens is 1. The van der Waals surface area contributed by atoms with E-state index in [9.17, 15) is 5.11 Å². The van der Waals surface area contributed by atoms with Crippen LogP contribution in [0.5, 0.6) is 5.75 Å². The van der Waals surface area contributed by atoms with Gasteiger partial charge in [0.1, 0.15) is 24.0 Å². The predicted molar refractivity (Wildman–Crippen MR) is 69.7 cm³/mol. The third-order valence-corrected chi connectivity index (χ3v) is 2.54. The van der Waals surface area contributed by atoms with Gasteiger partial charge in [-0.3, -0.25) is 4.98 Å². The number of rotatable bonds is 6. The highest BCUT2D eigenvalue weighted by molar-refractivity contribution is 5.84. The van der Waals surface area contributed by atoms with Gasteiger partial charge in [-0.05, 0) is 19.1 Å². The maximum atomic E-state index is 9.64. The Bertz CT molecular complexity index is 496. The Morgan fingerprint density at radius 3 is 2.89 bits per heavy atom. The zero-order valence-electron chi connectivity index (χ0n) is 10.4. The molecule has 1 aromatic heterocycles. The van der Waals surface area contributed by atoms with Crippen LogP contribution in [0.25, 0.3) is 10.9 Å². The topological polar surface area (TPSA) is 51.6 Å². The van der Waals surface area contributed by atoms with Crippen LogP contribution in [-0.4, -0.2) is 36.0 Å². The molecular weight excluding hydrogens is 230 g/mol.